The van der Waals surface area contributed by atoms with Gasteiger partial charge in [-0.2, -0.15) is 0 Å². The molecule has 5 heteroatoms. The van der Waals surface area contributed by atoms with Gasteiger partial charge >= 0.3 is 0 Å². The molecule has 96 valence electrons. The van der Waals surface area contributed by atoms with Crippen molar-refractivity contribution >= 4 is 34.9 Å². The number of carbonyl (C=O) groups excluding carboxylic acids is 2. The van der Waals surface area contributed by atoms with E-state index in [1.54, 1.807) is 38.1 Å². The zero-order valence-corrected chi connectivity index (χ0v) is 11.5. The number of benzene rings is 1. The number of hydrogen-bond acceptors (Lipinski definition) is 2. The second kappa shape index (κ2) is 4.56. The van der Waals surface area contributed by atoms with Crippen molar-refractivity contribution < 1.29 is 9.59 Å². The van der Waals surface area contributed by atoms with Crippen LogP contribution in [0.3, 0.4) is 0 Å². The fraction of sp³-hybridized carbons (Fsp3) is 0.385. The molecule has 1 N–H and O–H groups in total. The van der Waals surface area contributed by atoms with E-state index in [4.69, 9.17) is 23.2 Å². The Hall–Kier alpha value is -1.06. The van der Waals surface area contributed by atoms with E-state index in [1.165, 1.54) is 0 Å². The molecule has 0 spiro atoms. The van der Waals surface area contributed by atoms with Crippen molar-refractivity contribution in [1.82, 2.24) is 5.32 Å². The van der Waals surface area contributed by atoms with E-state index in [-0.39, 0.29) is 11.7 Å². The molecule has 1 aliphatic heterocycles. The Morgan fingerprint density at radius 3 is 2.33 bits per heavy atom. The summed E-state index contributed by atoms with van der Waals surface area (Å²) in [5, 5.41) is 2.68. The summed E-state index contributed by atoms with van der Waals surface area (Å²) in [5.74, 6) is -1.28. The molecular formula is C13H13Cl2NO2. The number of nitrogens with one attached hydrogen (secondary N) is 1. The second-order valence-electron chi connectivity index (χ2n) is 4.84. The van der Waals surface area contributed by atoms with Crippen LogP contribution < -0.4 is 5.32 Å². The van der Waals surface area contributed by atoms with Crippen LogP contribution in [0.25, 0.3) is 0 Å². The lowest BCUT2D eigenvalue weighted by Crippen LogP contribution is -2.39. The number of rotatable bonds is 2. The third-order valence-electron chi connectivity index (χ3n) is 3.12. The summed E-state index contributed by atoms with van der Waals surface area (Å²) >= 11 is 11.8. The van der Waals surface area contributed by atoms with Crippen LogP contribution in [-0.4, -0.2) is 17.2 Å². The summed E-state index contributed by atoms with van der Waals surface area (Å²) in [5.41, 5.74) is 0.343. The molecule has 1 amide bonds. The minimum absolute atomic E-state index is 0.158. The first-order valence-corrected chi connectivity index (χ1v) is 6.45. The molecule has 1 fully saturated rings. The van der Waals surface area contributed by atoms with Crippen LogP contribution in [0.1, 0.15) is 35.7 Å². The van der Waals surface area contributed by atoms with Crippen LogP contribution in [0.4, 0.5) is 0 Å². The van der Waals surface area contributed by atoms with Gasteiger partial charge in [-0.15, -0.1) is 23.2 Å². The summed E-state index contributed by atoms with van der Waals surface area (Å²) in [6.45, 7) is 3.38. The highest BCUT2D eigenvalue weighted by Crippen LogP contribution is 2.36. The van der Waals surface area contributed by atoms with Gasteiger partial charge < -0.3 is 5.32 Å². The lowest BCUT2D eigenvalue weighted by molar-refractivity contribution is -0.125. The Morgan fingerprint density at radius 1 is 1.22 bits per heavy atom. The maximum atomic E-state index is 12.2. The van der Waals surface area contributed by atoms with Crippen molar-refractivity contribution in [2.75, 3.05) is 0 Å². The summed E-state index contributed by atoms with van der Waals surface area (Å²) in [7, 11) is 0. The smallest absolute Gasteiger partial charge is 0.235 e. The second-order valence-corrected chi connectivity index (χ2v) is 5.94. The minimum Gasteiger partial charge on any atom is -0.343 e. The number of ketones is 1. The molecule has 0 radical (unpaired) electrons. The van der Waals surface area contributed by atoms with Gasteiger partial charge in [0.15, 0.2) is 5.78 Å². The van der Waals surface area contributed by atoms with E-state index in [2.05, 4.69) is 5.32 Å². The summed E-state index contributed by atoms with van der Waals surface area (Å²) in [6, 6.07) is 6.99. The van der Waals surface area contributed by atoms with Gasteiger partial charge in [-0.05, 0) is 25.0 Å². The van der Waals surface area contributed by atoms with Gasteiger partial charge in [-0.1, -0.05) is 24.3 Å². The van der Waals surface area contributed by atoms with E-state index < -0.39 is 16.3 Å². The Balaban J connectivity index is 2.50. The molecule has 0 bridgehead atoms. The molecule has 1 aliphatic rings. The average Bonchev–Trinajstić information content (AvgIpc) is 2.48. The molecule has 3 nitrogen and oxygen atoms in total. The molecule has 1 atom stereocenters. The third-order valence-corrected chi connectivity index (χ3v) is 3.59. The third kappa shape index (κ3) is 2.13. The van der Waals surface area contributed by atoms with Gasteiger partial charge in [0, 0.05) is 0 Å². The van der Waals surface area contributed by atoms with Crippen LogP contribution in [-0.2, 0) is 9.59 Å². The first-order chi connectivity index (χ1) is 8.34. The lowest BCUT2D eigenvalue weighted by Gasteiger charge is -2.16. The molecule has 1 unspecified atom stereocenters. The Morgan fingerprint density at radius 2 is 1.83 bits per heavy atom. The zero-order chi connectivity index (χ0) is 13.5. The molecule has 0 saturated carbocycles. The van der Waals surface area contributed by atoms with E-state index in [1.807, 2.05) is 0 Å². The summed E-state index contributed by atoms with van der Waals surface area (Å²) < 4.78 is 0. The first kappa shape index (κ1) is 13.4. The molecule has 1 saturated heterocycles. The molecule has 1 aromatic rings. The van der Waals surface area contributed by atoms with Crippen molar-refractivity contribution in [3.8, 4) is 0 Å². The normalized spacial score (nSPS) is 22.4. The number of halogens is 2. The van der Waals surface area contributed by atoms with Crippen LogP contribution in [0, 0.1) is 0 Å². The quantitative estimate of drug-likeness (QED) is 0.671. The van der Waals surface area contributed by atoms with Crippen molar-refractivity contribution in [3.63, 3.8) is 0 Å². The molecule has 1 aromatic carbocycles. The first-order valence-electron chi connectivity index (χ1n) is 5.58. The highest BCUT2D eigenvalue weighted by atomic mass is 35.5. The average molecular weight is 286 g/mol. The molecule has 2 rings (SSSR count). The topological polar surface area (TPSA) is 46.2 Å². The van der Waals surface area contributed by atoms with Crippen LogP contribution in [0.5, 0.6) is 0 Å². The largest absolute Gasteiger partial charge is 0.343 e. The lowest BCUT2D eigenvalue weighted by atomic mass is 9.87. The van der Waals surface area contributed by atoms with Gasteiger partial charge in [-0.25, -0.2) is 0 Å². The molecular weight excluding hydrogens is 273 g/mol. The van der Waals surface area contributed by atoms with Crippen LogP contribution >= 0.6 is 23.2 Å². The van der Waals surface area contributed by atoms with Gasteiger partial charge in [0.1, 0.15) is 10.8 Å². The fourth-order valence-corrected chi connectivity index (χ4v) is 2.57. The predicted molar refractivity (Wildman–Crippen MR) is 70.9 cm³/mol. The van der Waals surface area contributed by atoms with E-state index in [9.17, 15) is 9.59 Å². The molecule has 1 heterocycles. The van der Waals surface area contributed by atoms with Crippen molar-refractivity contribution in [3.05, 3.63) is 35.4 Å². The molecule has 18 heavy (non-hydrogen) atoms. The van der Waals surface area contributed by atoms with Crippen molar-refractivity contribution in [2.24, 2.45) is 0 Å². The fourth-order valence-electron chi connectivity index (χ4n) is 2.18. The highest BCUT2D eigenvalue weighted by molar-refractivity contribution is 6.44. The number of carbonyl (C=O) groups is 2. The summed E-state index contributed by atoms with van der Waals surface area (Å²) in [4.78, 5) is 23.4. The number of hydrogen-bond donors (Lipinski definition) is 1. The Kier molecular flexibility index (Phi) is 3.39. The zero-order valence-electron chi connectivity index (χ0n) is 10.0. The standard InChI is InChI=1S/C13H13Cl2NO2/c1-13(2)10(17)9(12(18)16-13)7-5-3-4-6-8(7)11(14)15/h3-6,9,11H,1-2H3,(H,16,18). The van der Waals surface area contributed by atoms with Crippen molar-refractivity contribution in [1.29, 1.82) is 0 Å². The van der Waals surface area contributed by atoms with Crippen LogP contribution in [0.2, 0.25) is 0 Å². The van der Waals surface area contributed by atoms with E-state index >= 15 is 0 Å². The monoisotopic (exact) mass is 285 g/mol. The number of Topliss-reactive ketones (excluding diaryl/α,β-unsaturated/α-hetero) is 1. The number of alkyl halides is 2. The predicted octanol–water partition coefficient (Wildman–Crippen LogP) is 2.72. The maximum Gasteiger partial charge on any atom is 0.235 e. The Labute approximate surface area is 115 Å². The highest BCUT2D eigenvalue weighted by Gasteiger charge is 2.47. The summed E-state index contributed by atoms with van der Waals surface area (Å²) in [6.07, 6.45) is 0. The SMILES string of the molecule is CC1(C)NC(=O)C(c2ccccc2C(Cl)Cl)C1=O. The van der Waals surface area contributed by atoms with Gasteiger partial charge in [-0.3, -0.25) is 9.59 Å². The molecule has 0 aromatic heterocycles. The van der Waals surface area contributed by atoms with Gasteiger partial charge in [0.05, 0.1) is 5.54 Å². The van der Waals surface area contributed by atoms with E-state index in [0.29, 0.717) is 11.1 Å². The molecule has 0 aliphatic carbocycles. The maximum absolute atomic E-state index is 12.2. The minimum atomic E-state index is -0.844. The number of amides is 1. The van der Waals surface area contributed by atoms with Gasteiger partial charge in [0.25, 0.3) is 0 Å². The van der Waals surface area contributed by atoms with E-state index in [0.717, 1.165) is 0 Å². The van der Waals surface area contributed by atoms with Crippen LogP contribution in [0.15, 0.2) is 24.3 Å². The van der Waals surface area contributed by atoms with Crippen molar-refractivity contribution in [2.45, 2.75) is 30.1 Å². The Bertz CT molecular complexity index is 511. The van der Waals surface area contributed by atoms with Gasteiger partial charge in [0.2, 0.25) is 5.91 Å².